The average molecular weight is 211 g/mol. The van der Waals surface area contributed by atoms with E-state index in [1.165, 1.54) is 6.07 Å². The molecule has 3 nitrogen and oxygen atoms in total. The molecule has 1 aromatic rings. The van der Waals surface area contributed by atoms with Gasteiger partial charge in [-0.05, 0) is 6.07 Å². The average Bonchev–Trinajstić information content (AvgIpc) is 2.30. The zero-order valence-electron chi connectivity index (χ0n) is 8.32. The molecule has 1 saturated heterocycles. The number of rotatable bonds is 2. The summed E-state index contributed by atoms with van der Waals surface area (Å²) in [5.41, 5.74) is 0.320. The first kappa shape index (κ1) is 10.5. The SMILES string of the molecule is OC(c1ccccc1F)C1COCCN1. The lowest BCUT2D eigenvalue weighted by molar-refractivity contribution is 0.0165. The minimum absolute atomic E-state index is 0.226. The Morgan fingerprint density at radius 1 is 1.47 bits per heavy atom. The molecule has 2 atom stereocenters. The van der Waals surface area contributed by atoms with Crippen LogP contribution in [0.4, 0.5) is 4.39 Å². The van der Waals surface area contributed by atoms with Crippen molar-refractivity contribution in [3.63, 3.8) is 0 Å². The monoisotopic (exact) mass is 211 g/mol. The van der Waals surface area contributed by atoms with Crippen LogP contribution in [0.5, 0.6) is 0 Å². The molecule has 1 aliphatic heterocycles. The number of morpholine rings is 1. The van der Waals surface area contributed by atoms with E-state index in [4.69, 9.17) is 4.74 Å². The fourth-order valence-corrected chi connectivity index (χ4v) is 1.72. The predicted molar refractivity (Wildman–Crippen MR) is 54.0 cm³/mol. The van der Waals surface area contributed by atoms with Crippen molar-refractivity contribution >= 4 is 0 Å². The van der Waals surface area contributed by atoms with Gasteiger partial charge in [0.15, 0.2) is 0 Å². The maximum atomic E-state index is 13.4. The Kier molecular flexibility index (Phi) is 3.30. The van der Waals surface area contributed by atoms with Gasteiger partial charge in [-0.3, -0.25) is 0 Å². The largest absolute Gasteiger partial charge is 0.387 e. The lowest BCUT2D eigenvalue weighted by atomic mass is 10.0. The fourth-order valence-electron chi connectivity index (χ4n) is 1.72. The molecule has 2 unspecified atom stereocenters. The molecule has 82 valence electrons. The molecule has 4 heteroatoms. The lowest BCUT2D eigenvalue weighted by Crippen LogP contribution is -2.45. The van der Waals surface area contributed by atoms with Crippen LogP contribution in [0.2, 0.25) is 0 Å². The van der Waals surface area contributed by atoms with Gasteiger partial charge in [-0.15, -0.1) is 0 Å². The number of ether oxygens (including phenoxy) is 1. The van der Waals surface area contributed by atoms with Gasteiger partial charge in [-0.1, -0.05) is 18.2 Å². The smallest absolute Gasteiger partial charge is 0.129 e. The number of hydrogen-bond acceptors (Lipinski definition) is 3. The second-order valence-electron chi connectivity index (χ2n) is 3.60. The van der Waals surface area contributed by atoms with E-state index in [1.807, 2.05) is 0 Å². The Balaban J connectivity index is 2.12. The molecule has 0 bridgehead atoms. The summed E-state index contributed by atoms with van der Waals surface area (Å²) in [6.45, 7) is 1.74. The molecule has 0 amide bonds. The van der Waals surface area contributed by atoms with Crippen LogP contribution < -0.4 is 5.32 Å². The highest BCUT2D eigenvalue weighted by molar-refractivity contribution is 5.21. The summed E-state index contributed by atoms with van der Waals surface area (Å²) >= 11 is 0. The third-order valence-corrected chi connectivity index (χ3v) is 2.56. The van der Waals surface area contributed by atoms with E-state index < -0.39 is 6.10 Å². The molecule has 1 fully saturated rings. The first-order chi connectivity index (χ1) is 7.29. The predicted octanol–water partition coefficient (Wildman–Crippen LogP) is 0.847. The van der Waals surface area contributed by atoms with Crippen molar-refractivity contribution in [3.05, 3.63) is 35.6 Å². The van der Waals surface area contributed by atoms with Gasteiger partial charge in [-0.25, -0.2) is 4.39 Å². The Labute approximate surface area is 87.9 Å². The lowest BCUT2D eigenvalue weighted by Gasteiger charge is -2.28. The van der Waals surface area contributed by atoms with Crippen molar-refractivity contribution in [2.75, 3.05) is 19.8 Å². The van der Waals surface area contributed by atoms with E-state index in [9.17, 15) is 9.50 Å². The van der Waals surface area contributed by atoms with Crippen molar-refractivity contribution in [2.45, 2.75) is 12.1 Å². The van der Waals surface area contributed by atoms with E-state index in [1.54, 1.807) is 18.2 Å². The molecule has 0 saturated carbocycles. The molecule has 1 aromatic carbocycles. The van der Waals surface area contributed by atoms with Crippen LogP contribution in [0.3, 0.4) is 0 Å². The van der Waals surface area contributed by atoms with Crippen molar-refractivity contribution in [1.29, 1.82) is 0 Å². The summed E-state index contributed by atoms with van der Waals surface area (Å²) in [6, 6.07) is 6.04. The first-order valence-corrected chi connectivity index (χ1v) is 5.02. The normalized spacial score (nSPS) is 23.7. The number of halogens is 1. The van der Waals surface area contributed by atoms with Crippen LogP contribution >= 0.6 is 0 Å². The summed E-state index contributed by atoms with van der Waals surface area (Å²) in [6.07, 6.45) is -0.855. The summed E-state index contributed by atoms with van der Waals surface area (Å²) < 4.78 is 18.6. The highest BCUT2D eigenvalue weighted by atomic mass is 19.1. The molecule has 1 heterocycles. The minimum atomic E-state index is -0.855. The van der Waals surface area contributed by atoms with Gasteiger partial charge >= 0.3 is 0 Å². The molecule has 15 heavy (non-hydrogen) atoms. The van der Waals surface area contributed by atoms with Gasteiger partial charge in [0.25, 0.3) is 0 Å². The number of aliphatic hydroxyl groups is 1. The van der Waals surface area contributed by atoms with Gasteiger partial charge in [-0.2, -0.15) is 0 Å². The maximum absolute atomic E-state index is 13.4. The molecule has 0 spiro atoms. The molecule has 0 aliphatic carbocycles. The van der Waals surface area contributed by atoms with Gasteiger partial charge in [0.1, 0.15) is 5.82 Å². The van der Waals surface area contributed by atoms with Gasteiger partial charge in [0.2, 0.25) is 0 Å². The molecule has 0 radical (unpaired) electrons. The van der Waals surface area contributed by atoms with Crippen LogP contribution in [0, 0.1) is 5.82 Å². The minimum Gasteiger partial charge on any atom is -0.387 e. The summed E-state index contributed by atoms with van der Waals surface area (Å²) in [7, 11) is 0. The second-order valence-corrected chi connectivity index (χ2v) is 3.60. The Hall–Kier alpha value is -0.970. The van der Waals surface area contributed by atoms with E-state index in [0.717, 1.165) is 0 Å². The van der Waals surface area contributed by atoms with E-state index in [2.05, 4.69) is 5.32 Å². The van der Waals surface area contributed by atoms with Gasteiger partial charge in [0, 0.05) is 12.1 Å². The standard InChI is InChI=1S/C11H14FNO2/c12-9-4-2-1-3-8(9)11(14)10-7-15-6-5-13-10/h1-4,10-11,13-14H,5-7H2. The second kappa shape index (κ2) is 4.70. The summed E-state index contributed by atoms with van der Waals surface area (Å²) in [4.78, 5) is 0. The van der Waals surface area contributed by atoms with E-state index >= 15 is 0 Å². The van der Waals surface area contributed by atoms with Crippen molar-refractivity contribution in [1.82, 2.24) is 5.32 Å². The number of aliphatic hydroxyl groups excluding tert-OH is 1. The fraction of sp³-hybridized carbons (Fsp3) is 0.455. The summed E-state index contributed by atoms with van der Waals surface area (Å²) in [5.74, 6) is -0.377. The van der Waals surface area contributed by atoms with Gasteiger partial charge in [0.05, 0.1) is 25.4 Å². The molecular formula is C11H14FNO2. The van der Waals surface area contributed by atoms with Crippen LogP contribution in [0.1, 0.15) is 11.7 Å². The molecule has 1 aliphatic rings. The van der Waals surface area contributed by atoms with Crippen molar-refractivity contribution in [2.24, 2.45) is 0 Å². The first-order valence-electron chi connectivity index (χ1n) is 5.02. The van der Waals surface area contributed by atoms with Crippen molar-refractivity contribution < 1.29 is 14.2 Å². The molecule has 2 rings (SSSR count). The Morgan fingerprint density at radius 3 is 2.93 bits per heavy atom. The van der Waals surface area contributed by atoms with Gasteiger partial charge < -0.3 is 15.2 Å². The maximum Gasteiger partial charge on any atom is 0.129 e. The molecule has 0 aromatic heterocycles. The third-order valence-electron chi connectivity index (χ3n) is 2.56. The quantitative estimate of drug-likeness (QED) is 0.762. The zero-order valence-corrected chi connectivity index (χ0v) is 8.32. The van der Waals surface area contributed by atoms with Crippen LogP contribution in [-0.2, 0) is 4.74 Å². The number of nitrogens with one attached hydrogen (secondary N) is 1. The number of benzene rings is 1. The van der Waals surface area contributed by atoms with Crippen LogP contribution in [-0.4, -0.2) is 30.9 Å². The summed E-state index contributed by atoms with van der Waals surface area (Å²) in [5, 5.41) is 13.0. The van der Waals surface area contributed by atoms with E-state index in [-0.39, 0.29) is 11.9 Å². The van der Waals surface area contributed by atoms with Crippen LogP contribution in [0.25, 0.3) is 0 Å². The van der Waals surface area contributed by atoms with Crippen molar-refractivity contribution in [3.8, 4) is 0 Å². The molecular weight excluding hydrogens is 197 g/mol. The molecule has 2 N–H and O–H groups in total. The topological polar surface area (TPSA) is 41.5 Å². The van der Waals surface area contributed by atoms with E-state index in [0.29, 0.717) is 25.3 Å². The number of hydrogen-bond donors (Lipinski definition) is 2. The Bertz CT molecular complexity index is 326. The highest BCUT2D eigenvalue weighted by Crippen LogP contribution is 2.20. The Morgan fingerprint density at radius 2 is 2.27 bits per heavy atom. The zero-order chi connectivity index (χ0) is 10.7. The third kappa shape index (κ3) is 2.34. The highest BCUT2D eigenvalue weighted by Gasteiger charge is 2.24. The van der Waals surface area contributed by atoms with Crippen LogP contribution in [0.15, 0.2) is 24.3 Å².